The van der Waals surface area contributed by atoms with Crippen LogP contribution in [0.2, 0.25) is 0 Å². The first-order valence-corrected chi connectivity index (χ1v) is 5.39. The Morgan fingerprint density at radius 3 is 2.36 bits per heavy atom. The first kappa shape index (κ1) is 11.3. The molecule has 1 rings (SSSR count). The molecule has 0 aromatic rings. The summed E-state index contributed by atoms with van der Waals surface area (Å²) in [6, 6.07) is 0. The number of carbonyl (C=O) groups excluding carboxylic acids is 1. The number of carbonyl (C=O) groups is 1. The highest BCUT2D eigenvalue weighted by atomic mass is 16.1. The second-order valence-electron chi connectivity index (χ2n) is 4.84. The zero-order valence-corrected chi connectivity index (χ0v) is 9.66. The van der Waals surface area contributed by atoms with Gasteiger partial charge in [-0.2, -0.15) is 0 Å². The van der Waals surface area contributed by atoms with Gasteiger partial charge in [-0.25, -0.2) is 0 Å². The number of hydrogen-bond donors (Lipinski definition) is 0. The minimum atomic E-state index is 0.265. The summed E-state index contributed by atoms with van der Waals surface area (Å²) in [6.45, 7) is 4.43. The van der Waals surface area contributed by atoms with Gasteiger partial charge in [0, 0.05) is 26.2 Å². The molecule has 14 heavy (non-hydrogen) atoms. The normalized spacial score (nSPS) is 32.4. The predicted octanol–water partition coefficient (Wildman–Crippen LogP) is 2.31. The van der Waals surface area contributed by atoms with E-state index in [4.69, 9.17) is 0 Å². The second-order valence-corrected chi connectivity index (χ2v) is 4.84. The van der Waals surface area contributed by atoms with Crippen molar-refractivity contribution in [3.8, 4) is 0 Å². The number of ketones is 1. The lowest BCUT2D eigenvalue weighted by Crippen LogP contribution is -2.15. The fraction of sp³-hybridized carbons (Fsp3) is 0.750. The molecule has 0 bridgehead atoms. The van der Waals surface area contributed by atoms with Crippen molar-refractivity contribution in [2.45, 2.75) is 26.7 Å². The van der Waals surface area contributed by atoms with Gasteiger partial charge < -0.3 is 4.90 Å². The zero-order valence-electron chi connectivity index (χ0n) is 9.66. The van der Waals surface area contributed by atoms with Gasteiger partial charge in [0.2, 0.25) is 0 Å². The van der Waals surface area contributed by atoms with Crippen LogP contribution in [-0.4, -0.2) is 24.8 Å². The summed E-state index contributed by atoms with van der Waals surface area (Å²) >= 11 is 0. The highest BCUT2D eigenvalue weighted by Gasteiger charge is 2.32. The van der Waals surface area contributed by atoms with Crippen LogP contribution in [0.3, 0.4) is 0 Å². The molecule has 3 unspecified atom stereocenters. The number of allylic oxidation sites excluding steroid dienone is 1. The molecule has 80 valence electrons. The first-order chi connectivity index (χ1) is 6.50. The van der Waals surface area contributed by atoms with E-state index in [0.717, 1.165) is 6.42 Å². The quantitative estimate of drug-likeness (QED) is 0.644. The Kier molecular flexibility index (Phi) is 3.73. The van der Waals surface area contributed by atoms with Crippen LogP contribution in [0.4, 0.5) is 0 Å². The van der Waals surface area contributed by atoms with E-state index in [1.165, 1.54) is 6.42 Å². The van der Waals surface area contributed by atoms with Gasteiger partial charge in [0.15, 0.2) is 5.78 Å². The van der Waals surface area contributed by atoms with Gasteiger partial charge in [0.05, 0.1) is 0 Å². The smallest absolute Gasteiger partial charge is 0.160 e. The predicted molar refractivity (Wildman–Crippen MR) is 58.9 cm³/mol. The van der Waals surface area contributed by atoms with Crippen molar-refractivity contribution in [2.24, 2.45) is 17.8 Å². The van der Waals surface area contributed by atoms with Crippen molar-refractivity contribution in [3.05, 3.63) is 12.3 Å². The standard InChI is InChI=1S/C12H21NO/c1-9-7-10(2)11(8-9)12(14)5-6-13(3)4/h5-6,9-11H,7-8H2,1-4H3/b6-5+. The second kappa shape index (κ2) is 4.63. The Balaban J connectivity index is 2.53. The van der Waals surface area contributed by atoms with Crippen molar-refractivity contribution in [1.82, 2.24) is 4.90 Å². The van der Waals surface area contributed by atoms with E-state index in [-0.39, 0.29) is 5.92 Å². The molecule has 0 saturated heterocycles. The van der Waals surface area contributed by atoms with E-state index in [2.05, 4.69) is 13.8 Å². The Morgan fingerprint density at radius 1 is 1.29 bits per heavy atom. The maximum absolute atomic E-state index is 11.8. The third-order valence-electron chi connectivity index (χ3n) is 3.02. The summed E-state index contributed by atoms with van der Waals surface area (Å²) in [5.41, 5.74) is 0. The van der Waals surface area contributed by atoms with Crippen LogP contribution in [0, 0.1) is 17.8 Å². The molecular weight excluding hydrogens is 174 g/mol. The Labute approximate surface area is 87.0 Å². The van der Waals surface area contributed by atoms with Crippen molar-refractivity contribution in [1.29, 1.82) is 0 Å². The average Bonchev–Trinajstić information content (AvgIpc) is 2.41. The summed E-state index contributed by atoms with van der Waals surface area (Å²) in [5, 5.41) is 0. The number of rotatable bonds is 3. The molecule has 0 spiro atoms. The Morgan fingerprint density at radius 2 is 1.93 bits per heavy atom. The highest BCUT2D eigenvalue weighted by molar-refractivity contribution is 5.92. The van der Waals surface area contributed by atoms with Crippen LogP contribution in [-0.2, 0) is 4.79 Å². The third kappa shape index (κ3) is 2.86. The lowest BCUT2D eigenvalue weighted by molar-refractivity contribution is -0.119. The Hall–Kier alpha value is -0.790. The molecule has 1 aliphatic carbocycles. The maximum atomic E-state index is 11.8. The molecule has 0 N–H and O–H groups in total. The van der Waals surface area contributed by atoms with Gasteiger partial charge in [0.1, 0.15) is 0 Å². The summed E-state index contributed by atoms with van der Waals surface area (Å²) in [7, 11) is 3.87. The summed E-state index contributed by atoms with van der Waals surface area (Å²) in [6.07, 6.45) is 5.83. The summed E-state index contributed by atoms with van der Waals surface area (Å²) in [5.74, 6) is 1.84. The van der Waals surface area contributed by atoms with Gasteiger partial charge in [-0.15, -0.1) is 0 Å². The largest absolute Gasteiger partial charge is 0.383 e. The van der Waals surface area contributed by atoms with Crippen molar-refractivity contribution in [2.75, 3.05) is 14.1 Å². The van der Waals surface area contributed by atoms with Crippen LogP contribution in [0.5, 0.6) is 0 Å². The molecule has 1 fully saturated rings. The molecule has 0 radical (unpaired) electrons. The maximum Gasteiger partial charge on any atom is 0.160 e. The minimum Gasteiger partial charge on any atom is -0.383 e. The molecule has 3 atom stereocenters. The van der Waals surface area contributed by atoms with Crippen LogP contribution in [0.15, 0.2) is 12.3 Å². The van der Waals surface area contributed by atoms with E-state index in [1.54, 1.807) is 6.08 Å². The topological polar surface area (TPSA) is 20.3 Å². The van der Waals surface area contributed by atoms with Gasteiger partial charge >= 0.3 is 0 Å². The van der Waals surface area contributed by atoms with E-state index < -0.39 is 0 Å². The van der Waals surface area contributed by atoms with Gasteiger partial charge in [-0.3, -0.25) is 4.79 Å². The number of nitrogens with zero attached hydrogens (tertiary/aromatic N) is 1. The molecule has 2 heteroatoms. The van der Waals surface area contributed by atoms with E-state index in [0.29, 0.717) is 17.6 Å². The fourth-order valence-corrected chi connectivity index (χ4v) is 2.30. The Bertz CT molecular complexity index is 232. The summed E-state index contributed by atoms with van der Waals surface area (Å²) in [4.78, 5) is 13.7. The average molecular weight is 195 g/mol. The van der Waals surface area contributed by atoms with Gasteiger partial charge in [-0.1, -0.05) is 13.8 Å². The molecule has 1 saturated carbocycles. The minimum absolute atomic E-state index is 0.265. The molecule has 2 nitrogen and oxygen atoms in total. The van der Waals surface area contributed by atoms with Crippen LogP contribution in [0.25, 0.3) is 0 Å². The third-order valence-corrected chi connectivity index (χ3v) is 3.02. The lowest BCUT2D eigenvalue weighted by Gasteiger charge is -2.11. The lowest BCUT2D eigenvalue weighted by atomic mass is 9.93. The molecule has 0 aromatic heterocycles. The monoisotopic (exact) mass is 195 g/mol. The molecule has 0 aliphatic heterocycles. The van der Waals surface area contributed by atoms with Crippen LogP contribution < -0.4 is 0 Å². The fourth-order valence-electron chi connectivity index (χ4n) is 2.30. The molecular formula is C12H21NO. The number of hydrogen-bond acceptors (Lipinski definition) is 2. The highest BCUT2D eigenvalue weighted by Crippen LogP contribution is 2.36. The summed E-state index contributed by atoms with van der Waals surface area (Å²) < 4.78 is 0. The van der Waals surface area contributed by atoms with Crippen molar-refractivity contribution >= 4 is 5.78 Å². The van der Waals surface area contributed by atoms with E-state index in [1.807, 2.05) is 25.2 Å². The van der Waals surface area contributed by atoms with Gasteiger partial charge in [-0.05, 0) is 30.8 Å². The molecule has 1 aliphatic rings. The molecule has 0 heterocycles. The SMILES string of the molecule is CC1CC(C)C(C(=O)/C=C/N(C)C)C1. The molecule has 0 amide bonds. The van der Waals surface area contributed by atoms with E-state index in [9.17, 15) is 4.79 Å². The van der Waals surface area contributed by atoms with Crippen LogP contribution in [0.1, 0.15) is 26.7 Å². The zero-order chi connectivity index (χ0) is 10.7. The van der Waals surface area contributed by atoms with Crippen LogP contribution >= 0.6 is 0 Å². The van der Waals surface area contributed by atoms with Gasteiger partial charge in [0.25, 0.3) is 0 Å². The van der Waals surface area contributed by atoms with Crippen molar-refractivity contribution < 1.29 is 4.79 Å². The van der Waals surface area contributed by atoms with E-state index >= 15 is 0 Å². The first-order valence-electron chi connectivity index (χ1n) is 5.39. The molecule has 0 aromatic carbocycles. The van der Waals surface area contributed by atoms with Crippen molar-refractivity contribution in [3.63, 3.8) is 0 Å².